The molecule has 0 saturated heterocycles. The molecule has 4 heteroatoms. The molecular weight excluding hydrogens is 200 g/mol. The van der Waals surface area contributed by atoms with E-state index in [-0.39, 0.29) is 11.8 Å². The number of pyridine rings is 1. The second-order valence-electron chi connectivity index (χ2n) is 3.67. The first-order valence-corrected chi connectivity index (χ1v) is 4.97. The Morgan fingerprint density at radius 2 is 2.36 bits per heavy atom. The van der Waals surface area contributed by atoms with Gasteiger partial charge in [-0.3, -0.25) is 4.79 Å². The SMILES string of the molecule is C[C@@H]1C[C@@H]1C(=O)Nc1ccc(Cl)cn1. The van der Waals surface area contributed by atoms with E-state index in [1.54, 1.807) is 12.1 Å². The van der Waals surface area contributed by atoms with E-state index in [0.717, 1.165) is 6.42 Å². The van der Waals surface area contributed by atoms with E-state index in [1.165, 1.54) is 6.20 Å². The predicted octanol–water partition coefficient (Wildman–Crippen LogP) is 2.33. The predicted molar refractivity (Wildman–Crippen MR) is 55.1 cm³/mol. The summed E-state index contributed by atoms with van der Waals surface area (Å²) in [6.07, 6.45) is 2.51. The second kappa shape index (κ2) is 3.58. The molecule has 1 N–H and O–H groups in total. The van der Waals surface area contributed by atoms with Gasteiger partial charge in [0.2, 0.25) is 5.91 Å². The fraction of sp³-hybridized carbons (Fsp3) is 0.400. The number of aromatic nitrogens is 1. The van der Waals surface area contributed by atoms with Crippen LogP contribution in [0.4, 0.5) is 5.82 Å². The zero-order chi connectivity index (χ0) is 10.1. The lowest BCUT2D eigenvalue weighted by atomic mass is 10.3. The first kappa shape index (κ1) is 9.46. The van der Waals surface area contributed by atoms with Gasteiger partial charge in [0.05, 0.1) is 5.02 Å². The minimum absolute atomic E-state index is 0.0623. The van der Waals surface area contributed by atoms with E-state index >= 15 is 0 Å². The quantitative estimate of drug-likeness (QED) is 0.814. The smallest absolute Gasteiger partial charge is 0.228 e. The first-order chi connectivity index (χ1) is 6.66. The molecule has 1 saturated carbocycles. The highest BCUT2D eigenvalue weighted by Crippen LogP contribution is 2.38. The van der Waals surface area contributed by atoms with E-state index < -0.39 is 0 Å². The first-order valence-electron chi connectivity index (χ1n) is 4.59. The van der Waals surface area contributed by atoms with Gasteiger partial charge in [-0.2, -0.15) is 0 Å². The van der Waals surface area contributed by atoms with Gasteiger partial charge in [-0.1, -0.05) is 18.5 Å². The number of rotatable bonds is 2. The lowest BCUT2D eigenvalue weighted by Gasteiger charge is -2.02. The fourth-order valence-electron chi connectivity index (χ4n) is 1.36. The zero-order valence-corrected chi connectivity index (χ0v) is 8.58. The summed E-state index contributed by atoms with van der Waals surface area (Å²) in [5, 5.41) is 3.32. The molecule has 1 heterocycles. The molecule has 0 bridgehead atoms. The Bertz CT molecular complexity index is 350. The van der Waals surface area contributed by atoms with E-state index in [1.807, 2.05) is 0 Å². The third kappa shape index (κ3) is 2.04. The molecule has 1 aromatic rings. The van der Waals surface area contributed by atoms with Gasteiger partial charge in [0.1, 0.15) is 5.82 Å². The van der Waals surface area contributed by atoms with Crippen molar-refractivity contribution in [1.29, 1.82) is 0 Å². The topological polar surface area (TPSA) is 42.0 Å². The van der Waals surface area contributed by atoms with Crippen LogP contribution in [0.3, 0.4) is 0 Å². The second-order valence-corrected chi connectivity index (χ2v) is 4.11. The number of carbonyl (C=O) groups is 1. The largest absolute Gasteiger partial charge is 0.310 e. The summed E-state index contributed by atoms with van der Waals surface area (Å²) in [4.78, 5) is 15.5. The number of nitrogens with zero attached hydrogens (tertiary/aromatic N) is 1. The highest BCUT2D eigenvalue weighted by Gasteiger charge is 2.39. The van der Waals surface area contributed by atoms with Crippen LogP contribution in [0.15, 0.2) is 18.3 Å². The van der Waals surface area contributed by atoms with Crippen LogP contribution in [0.5, 0.6) is 0 Å². The molecule has 1 aliphatic carbocycles. The maximum Gasteiger partial charge on any atom is 0.228 e. The number of nitrogens with one attached hydrogen (secondary N) is 1. The van der Waals surface area contributed by atoms with Crippen LogP contribution < -0.4 is 5.32 Å². The van der Waals surface area contributed by atoms with Crippen LogP contribution in [0.2, 0.25) is 5.02 Å². The summed E-state index contributed by atoms with van der Waals surface area (Å²) in [6, 6.07) is 3.41. The monoisotopic (exact) mass is 210 g/mol. The van der Waals surface area contributed by atoms with Crippen LogP contribution >= 0.6 is 11.6 Å². The normalized spacial score (nSPS) is 24.4. The average Bonchev–Trinajstić information content (AvgIpc) is 2.87. The number of anilines is 1. The van der Waals surface area contributed by atoms with Crippen molar-refractivity contribution in [1.82, 2.24) is 4.98 Å². The summed E-state index contributed by atoms with van der Waals surface area (Å²) in [7, 11) is 0. The Labute approximate surface area is 87.5 Å². The van der Waals surface area contributed by atoms with Crippen LogP contribution in [-0.2, 0) is 4.79 Å². The van der Waals surface area contributed by atoms with Gasteiger partial charge >= 0.3 is 0 Å². The van der Waals surface area contributed by atoms with Crippen molar-refractivity contribution in [2.75, 3.05) is 5.32 Å². The Morgan fingerprint density at radius 1 is 1.64 bits per heavy atom. The van der Waals surface area contributed by atoms with Crippen LogP contribution in [0.1, 0.15) is 13.3 Å². The average molecular weight is 211 g/mol. The molecule has 1 aliphatic rings. The third-order valence-electron chi connectivity index (χ3n) is 2.42. The van der Waals surface area contributed by atoms with E-state index in [4.69, 9.17) is 11.6 Å². The number of amides is 1. The lowest BCUT2D eigenvalue weighted by Crippen LogP contribution is -2.15. The van der Waals surface area contributed by atoms with Crippen molar-refractivity contribution in [3.05, 3.63) is 23.4 Å². The van der Waals surface area contributed by atoms with Crippen LogP contribution in [-0.4, -0.2) is 10.9 Å². The molecule has 3 nitrogen and oxygen atoms in total. The molecular formula is C10H11ClN2O. The van der Waals surface area contributed by atoms with Crippen LogP contribution in [0, 0.1) is 11.8 Å². The van der Waals surface area contributed by atoms with Gasteiger partial charge in [-0.15, -0.1) is 0 Å². The number of carbonyl (C=O) groups excluding carboxylic acids is 1. The number of hydrogen-bond donors (Lipinski definition) is 1. The summed E-state index contributed by atoms with van der Waals surface area (Å²) >= 11 is 5.67. The lowest BCUT2D eigenvalue weighted by molar-refractivity contribution is -0.117. The van der Waals surface area contributed by atoms with Gasteiger partial charge in [0.25, 0.3) is 0 Å². The van der Waals surface area contributed by atoms with Crippen molar-refractivity contribution in [3.63, 3.8) is 0 Å². The molecule has 0 radical (unpaired) electrons. The molecule has 2 atom stereocenters. The Kier molecular flexibility index (Phi) is 2.42. The molecule has 0 aliphatic heterocycles. The van der Waals surface area contributed by atoms with Gasteiger partial charge in [0.15, 0.2) is 0 Å². The van der Waals surface area contributed by atoms with Crippen molar-refractivity contribution in [3.8, 4) is 0 Å². The molecule has 0 unspecified atom stereocenters. The number of halogens is 1. The molecule has 1 amide bonds. The van der Waals surface area contributed by atoms with Crippen molar-refractivity contribution >= 4 is 23.3 Å². The molecule has 14 heavy (non-hydrogen) atoms. The van der Waals surface area contributed by atoms with Crippen molar-refractivity contribution < 1.29 is 4.79 Å². The van der Waals surface area contributed by atoms with E-state index in [2.05, 4.69) is 17.2 Å². The third-order valence-corrected chi connectivity index (χ3v) is 2.65. The van der Waals surface area contributed by atoms with Crippen LogP contribution in [0.25, 0.3) is 0 Å². The number of hydrogen-bond acceptors (Lipinski definition) is 2. The minimum Gasteiger partial charge on any atom is -0.310 e. The fourth-order valence-corrected chi connectivity index (χ4v) is 1.47. The summed E-state index contributed by atoms with van der Waals surface area (Å²) in [6.45, 7) is 2.07. The molecule has 1 fully saturated rings. The summed E-state index contributed by atoms with van der Waals surface area (Å²) < 4.78 is 0. The molecule has 2 rings (SSSR count). The maximum atomic E-state index is 11.5. The molecule has 0 aromatic carbocycles. The Hall–Kier alpha value is -1.09. The summed E-state index contributed by atoms with van der Waals surface area (Å²) in [5.74, 6) is 1.32. The molecule has 74 valence electrons. The maximum absolute atomic E-state index is 11.5. The van der Waals surface area contributed by atoms with Gasteiger partial charge in [-0.25, -0.2) is 4.98 Å². The molecule has 1 aromatic heterocycles. The Balaban J connectivity index is 1.97. The van der Waals surface area contributed by atoms with E-state index in [9.17, 15) is 4.79 Å². The Morgan fingerprint density at radius 3 is 2.86 bits per heavy atom. The highest BCUT2D eigenvalue weighted by atomic mass is 35.5. The highest BCUT2D eigenvalue weighted by molar-refractivity contribution is 6.30. The van der Waals surface area contributed by atoms with Gasteiger partial charge < -0.3 is 5.32 Å². The zero-order valence-electron chi connectivity index (χ0n) is 7.83. The van der Waals surface area contributed by atoms with Gasteiger partial charge in [-0.05, 0) is 24.5 Å². The minimum atomic E-state index is 0.0623. The van der Waals surface area contributed by atoms with Gasteiger partial charge in [0, 0.05) is 12.1 Å². The van der Waals surface area contributed by atoms with Crippen molar-refractivity contribution in [2.24, 2.45) is 11.8 Å². The van der Waals surface area contributed by atoms with Crippen molar-refractivity contribution in [2.45, 2.75) is 13.3 Å². The standard InChI is InChI=1S/C10H11ClN2O/c1-6-4-8(6)10(14)13-9-3-2-7(11)5-12-9/h2-3,5-6,8H,4H2,1H3,(H,12,13,14)/t6-,8+/m1/s1. The summed E-state index contributed by atoms with van der Waals surface area (Å²) in [5.41, 5.74) is 0. The molecule has 0 spiro atoms. The van der Waals surface area contributed by atoms with E-state index in [0.29, 0.717) is 16.8 Å².